The summed E-state index contributed by atoms with van der Waals surface area (Å²) in [6.07, 6.45) is 4.72. The molecule has 7 heteroatoms. The number of hydrogen-bond acceptors (Lipinski definition) is 5. The summed E-state index contributed by atoms with van der Waals surface area (Å²) >= 11 is 0. The molecule has 0 aromatic carbocycles. The van der Waals surface area contributed by atoms with Gasteiger partial charge in [0.1, 0.15) is 11.4 Å². The van der Waals surface area contributed by atoms with Gasteiger partial charge in [-0.15, -0.1) is 0 Å². The average Bonchev–Trinajstić information content (AvgIpc) is 2.99. The van der Waals surface area contributed by atoms with Crippen molar-refractivity contribution >= 4 is 22.8 Å². The number of carbonyl (C=O) groups excluding carboxylic acids is 1. The highest BCUT2D eigenvalue weighted by atomic mass is 16.6. The monoisotopic (exact) mass is 313 g/mol. The van der Waals surface area contributed by atoms with Gasteiger partial charge in [0.2, 0.25) is 0 Å². The van der Waals surface area contributed by atoms with Crippen LogP contribution in [-0.2, 0) is 11.8 Å². The number of nitrogens with two attached hydrogens (primary N) is 1. The van der Waals surface area contributed by atoms with Gasteiger partial charge in [-0.05, 0) is 26.8 Å². The molecule has 120 valence electrons. The van der Waals surface area contributed by atoms with Crippen LogP contribution in [0.1, 0.15) is 20.8 Å². The van der Waals surface area contributed by atoms with Crippen LogP contribution in [0.5, 0.6) is 0 Å². The Labute approximate surface area is 133 Å². The molecule has 7 nitrogen and oxygen atoms in total. The number of fused-ring (bicyclic) bond motifs is 1. The summed E-state index contributed by atoms with van der Waals surface area (Å²) in [5.74, 6) is 0.346. The van der Waals surface area contributed by atoms with Crippen LogP contribution < -0.4 is 5.73 Å². The largest absolute Gasteiger partial charge is 0.443 e. The predicted octanol–water partition coefficient (Wildman–Crippen LogP) is 2.80. The van der Waals surface area contributed by atoms with Crippen molar-refractivity contribution in [2.45, 2.75) is 26.4 Å². The topological polar surface area (TPSA) is 88.0 Å². The maximum atomic E-state index is 12.7. The zero-order chi connectivity index (χ0) is 16.8. The molecule has 3 aromatic rings. The first-order chi connectivity index (χ1) is 10.7. The molecule has 0 radical (unpaired) electrons. The zero-order valence-corrected chi connectivity index (χ0v) is 13.6. The predicted molar refractivity (Wildman–Crippen MR) is 88.0 cm³/mol. The van der Waals surface area contributed by atoms with Gasteiger partial charge in [0, 0.05) is 36.5 Å². The van der Waals surface area contributed by atoms with Gasteiger partial charge in [-0.3, -0.25) is 4.68 Å². The van der Waals surface area contributed by atoms with Crippen molar-refractivity contribution in [3.63, 3.8) is 0 Å². The third-order valence-corrected chi connectivity index (χ3v) is 3.28. The minimum absolute atomic E-state index is 0.346. The van der Waals surface area contributed by atoms with E-state index in [1.165, 1.54) is 4.57 Å². The van der Waals surface area contributed by atoms with E-state index in [1.54, 1.807) is 23.1 Å². The molecule has 23 heavy (non-hydrogen) atoms. The summed E-state index contributed by atoms with van der Waals surface area (Å²) in [7, 11) is 1.82. The normalized spacial score (nSPS) is 11.8. The molecule has 0 saturated heterocycles. The SMILES string of the molecule is Cn1cc(-c2cc3cnc(N)cc3n2C(=O)OC(C)(C)C)cn1. The van der Waals surface area contributed by atoms with Gasteiger partial charge in [-0.1, -0.05) is 0 Å². The molecule has 0 aliphatic heterocycles. The van der Waals surface area contributed by atoms with Crippen molar-refractivity contribution < 1.29 is 9.53 Å². The highest BCUT2D eigenvalue weighted by molar-refractivity contribution is 5.96. The first kappa shape index (κ1) is 15.1. The summed E-state index contributed by atoms with van der Waals surface area (Å²) in [5.41, 5.74) is 7.34. The molecule has 0 aliphatic rings. The van der Waals surface area contributed by atoms with Crippen LogP contribution in [0, 0.1) is 0 Å². The summed E-state index contributed by atoms with van der Waals surface area (Å²) in [5, 5.41) is 4.98. The first-order valence-corrected chi connectivity index (χ1v) is 7.24. The third kappa shape index (κ3) is 2.90. The lowest BCUT2D eigenvalue weighted by molar-refractivity contribution is 0.0547. The Bertz CT molecular complexity index is 886. The number of pyridine rings is 1. The number of hydrogen-bond donors (Lipinski definition) is 1. The van der Waals surface area contributed by atoms with Crippen molar-refractivity contribution in [1.29, 1.82) is 0 Å². The van der Waals surface area contributed by atoms with E-state index in [0.717, 1.165) is 10.9 Å². The van der Waals surface area contributed by atoms with Gasteiger partial charge < -0.3 is 10.5 Å². The first-order valence-electron chi connectivity index (χ1n) is 7.24. The molecule has 0 aliphatic carbocycles. The van der Waals surface area contributed by atoms with Crippen molar-refractivity contribution in [2.24, 2.45) is 7.05 Å². The quantitative estimate of drug-likeness (QED) is 0.746. The van der Waals surface area contributed by atoms with Crippen molar-refractivity contribution in [3.8, 4) is 11.3 Å². The summed E-state index contributed by atoms with van der Waals surface area (Å²) in [6, 6.07) is 3.54. The maximum Gasteiger partial charge on any atom is 0.419 e. The number of carbonyl (C=O) groups is 1. The zero-order valence-electron chi connectivity index (χ0n) is 13.6. The van der Waals surface area contributed by atoms with Gasteiger partial charge in [-0.2, -0.15) is 5.10 Å². The lowest BCUT2D eigenvalue weighted by Crippen LogP contribution is -2.27. The number of rotatable bonds is 1. The van der Waals surface area contributed by atoms with Gasteiger partial charge in [0.25, 0.3) is 0 Å². The van der Waals surface area contributed by atoms with Crippen LogP contribution >= 0.6 is 0 Å². The molecule has 3 aromatic heterocycles. The smallest absolute Gasteiger partial charge is 0.419 e. The molecule has 3 heterocycles. The molecule has 2 N–H and O–H groups in total. The van der Waals surface area contributed by atoms with Gasteiger partial charge >= 0.3 is 6.09 Å². The van der Waals surface area contributed by atoms with Crippen molar-refractivity contribution in [2.75, 3.05) is 5.73 Å². The van der Waals surface area contributed by atoms with Crippen molar-refractivity contribution in [1.82, 2.24) is 19.3 Å². The van der Waals surface area contributed by atoms with E-state index in [-0.39, 0.29) is 0 Å². The van der Waals surface area contributed by atoms with Crippen LogP contribution in [0.3, 0.4) is 0 Å². The van der Waals surface area contributed by atoms with E-state index < -0.39 is 11.7 Å². The minimum Gasteiger partial charge on any atom is -0.443 e. The average molecular weight is 313 g/mol. The van der Waals surface area contributed by atoms with E-state index in [9.17, 15) is 4.79 Å². The Balaban J connectivity index is 2.23. The van der Waals surface area contributed by atoms with E-state index in [1.807, 2.05) is 40.1 Å². The van der Waals surface area contributed by atoms with Crippen molar-refractivity contribution in [3.05, 3.63) is 30.7 Å². The third-order valence-electron chi connectivity index (χ3n) is 3.28. The van der Waals surface area contributed by atoms with E-state index >= 15 is 0 Å². The molecule has 0 fully saturated rings. The molecular formula is C16H19N5O2. The second kappa shape index (κ2) is 5.12. The van der Waals surface area contributed by atoms with Crippen LogP contribution in [0.15, 0.2) is 30.7 Å². The Morgan fingerprint density at radius 3 is 2.61 bits per heavy atom. The second-order valence-corrected chi connectivity index (χ2v) is 6.42. The van der Waals surface area contributed by atoms with Crippen LogP contribution in [-0.4, -0.2) is 31.0 Å². The number of nitrogens with zero attached hydrogens (tertiary/aromatic N) is 4. The molecule has 0 atom stereocenters. The van der Waals surface area contributed by atoms with E-state index in [4.69, 9.17) is 10.5 Å². The number of aryl methyl sites for hydroxylation is 1. The summed E-state index contributed by atoms with van der Waals surface area (Å²) in [6.45, 7) is 5.49. The lowest BCUT2D eigenvalue weighted by Gasteiger charge is -2.20. The minimum atomic E-state index is -0.599. The second-order valence-electron chi connectivity index (χ2n) is 6.42. The number of aromatic nitrogens is 4. The Morgan fingerprint density at radius 2 is 2.00 bits per heavy atom. The number of anilines is 1. The Morgan fingerprint density at radius 1 is 1.26 bits per heavy atom. The molecular weight excluding hydrogens is 294 g/mol. The van der Waals surface area contributed by atoms with Gasteiger partial charge in [-0.25, -0.2) is 14.3 Å². The fourth-order valence-corrected chi connectivity index (χ4v) is 2.39. The standard InChI is InChI=1S/C16H19N5O2/c1-16(2,3)23-15(22)21-12(11-8-19-20(4)9-11)5-10-7-18-14(17)6-13(10)21/h5-9H,1-4H3,(H2,17,18). The Hall–Kier alpha value is -2.83. The molecule has 0 saturated carbocycles. The van der Waals surface area contributed by atoms with Crippen LogP contribution in [0.2, 0.25) is 0 Å². The molecule has 0 unspecified atom stereocenters. The van der Waals surface area contributed by atoms with Gasteiger partial charge in [0.05, 0.1) is 17.4 Å². The van der Waals surface area contributed by atoms with E-state index in [2.05, 4.69) is 10.1 Å². The summed E-state index contributed by atoms with van der Waals surface area (Å²) < 4.78 is 8.72. The van der Waals surface area contributed by atoms with E-state index in [0.29, 0.717) is 17.0 Å². The highest BCUT2D eigenvalue weighted by Crippen LogP contribution is 2.29. The Kier molecular flexibility index (Phi) is 3.35. The highest BCUT2D eigenvalue weighted by Gasteiger charge is 2.23. The van der Waals surface area contributed by atoms with Crippen LogP contribution in [0.25, 0.3) is 22.2 Å². The summed E-state index contributed by atoms with van der Waals surface area (Å²) in [4.78, 5) is 16.8. The van der Waals surface area contributed by atoms with Crippen LogP contribution in [0.4, 0.5) is 10.6 Å². The molecule has 3 rings (SSSR count). The molecule has 0 spiro atoms. The van der Waals surface area contributed by atoms with Gasteiger partial charge in [0.15, 0.2) is 0 Å². The number of ether oxygens (including phenoxy) is 1. The lowest BCUT2D eigenvalue weighted by atomic mass is 10.2. The number of nitrogen functional groups attached to an aromatic ring is 1. The molecule has 0 bridgehead atoms. The fourth-order valence-electron chi connectivity index (χ4n) is 2.39. The fraction of sp³-hybridized carbons (Fsp3) is 0.312. The molecule has 0 amide bonds. The maximum absolute atomic E-state index is 12.7.